The highest BCUT2D eigenvalue weighted by molar-refractivity contribution is 5.76. The highest BCUT2D eigenvalue weighted by Gasteiger charge is 2.14. The lowest BCUT2D eigenvalue weighted by molar-refractivity contribution is 0.374. The molecule has 0 aliphatic rings. The van der Waals surface area contributed by atoms with E-state index in [1.807, 2.05) is 44.2 Å². The van der Waals surface area contributed by atoms with Gasteiger partial charge >= 0.3 is 0 Å². The minimum atomic E-state index is 0.309. The number of aromatic nitrogens is 2. The van der Waals surface area contributed by atoms with Crippen molar-refractivity contribution < 1.29 is 9.47 Å². The van der Waals surface area contributed by atoms with Crippen LogP contribution in [0.3, 0.4) is 0 Å². The second-order valence-electron chi connectivity index (χ2n) is 5.57. The zero-order chi connectivity index (χ0) is 17.1. The van der Waals surface area contributed by atoms with Gasteiger partial charge in [-0.1, -0.05) is 29.3 Å². The molecule has 0 spiro atoms. The van der Waals surface area contributed by atoms with Crippen LogP contribution in [-0.2, 0) is 0 Å². The van der Waals surface area contributed by atoms with E-state index in [9.17, 15) is 0 Å². The maximum atomic E-state index is 6.26. The SMILES string of the molecule is COc1ccccc1Oc1ncnc(-c2cc(C)cc(C)c2)c1N. The van der Waals surface area contributed by atoms with E-state index in [-0.39, 0.29) is 0 Å². The number of nitrogens with two attached hydrogens (primary N) is 1. The third-order valence-electron chi connectivity index (χ3n) is 3.62. The van der Waals surface area contributed by atoms with E-state index in [1.165, 1.54) is 6.33 Å². The molecule has 2 aromatic carbocycles. The van der Waals surface area contributed by atoms with Gasteiger partial charge in [0.2, 0.25) is 5.88 Å². The van der Waals surface area contributed by atoms with Crippen molar-refractivity contribution in [2.24, 2.45) is 0 Å². The van der Waals surface area contributed by atoms with Gasteiger partial charge < -0.3 is 15.2 Å². The summed E-state index contributed by atoms with van der Waals surface area (Å²) in [6.07, 6.45) is 1.45. The van der Waals surface area contributed by atoms with Crippen LogP contribution in [0.2, 0.25) is 0 Å². The largest absolute Gasteiger partial charge is 0.493 e. The van der Waals surface area contributed by atoms with Gasteiger partial charge in [-0.15, -0.1) is 0 Å². The fourth-order valence-electron chi connectivity index (χ4n) is 2.61. The summed E-state index contributed by atoms with van der Waals surface area (Å²) in [6, 6.07) is 13.5. The van der Waals surface area contributed by atoms with Crippen LogP contribution in [0.25, 0.3) is 11.3 Å². The fourth-order valence-corrected chi connectivity index (χ4v) is 2.61. The van der Waals surface area contributed by atoms with Crippen molar-refractivity contribution in [1.29, 1.82) is 0 Å². The summed E-state index contributed by atoms with van der Waals surface area (Å²) in [5.74, 6) is 1.48. The zero-order valence-corrected chi connectivity index (χ0v) is 13.9. The topological polar surface area (TPSA) is 70.3 Å². The van der Waals surface area contributed by atoms with Crippen molar-refractivity contribution >= 4 is 5.69 Å². The van der Waals surface area contributed by atoms with Crippen LogP contribution in [0.4, 0.5) is 5.69 Å². The Labute approximate surface area is 141 Å². The number of rotatable bonds is 4. The Balaban J connectivity index is 2.02. The van der Waals surface area contributed by atoms with Crippen LogP contribution in [0.5, 0.6) is 17.4 Å². The highest BCUT2D eigenvalue weighted by Crippen LogP contribution is 2.36. The molecule has 122 valence electrons. The second-order valence-corrected chi connectivity index (χ2v) is 5.57. The van der Waals surface area contributed by atoms with Gasteiger partial charge in [-0.05, 0) is 38.1 Å². The summed E-state index contributed by atoms with van der Waals surface area (Å²) < 4.78 is 11.1. The maximum absolute atomic E-state index is 6.26. The molecule has 3 aromatic rings. The molecule has 0 saturated carbocycles. The first-order chi connectivity index (χ1) is 11.6. The molecule has 0 radical (unpaired) electrons. The van der Waals surface area contributed by atoms with E-state index < -0.39 is 0 Å². The second kappa shape index (κ2) is 6.58. The van der Waals surface area contributed by atoms with Gasteiger partial charge in [-0.3, -0.25) is 0 Å². The third-order valence-corrected chi connectivity index (χ3v) is 3.62. The minimum Gasteiger partial charge on any atom is -0.493 e. The molecule has 0 fully saturated rings. The van der Waals surface area contributed by atoms with Crippen molar-refractivity contribution in [2.45, 2.75) is 13.8 Å². The van der Waals surface area contributed by atoms with E-state index in [0.29, 0.717) is 28.8 Å². The molecule has 0 aliphatic heterocycles. The lowest BCUT2D eigenvalue weighted by atomic mass is 10.0. The molecule has 0 unspecified atom stereocenters. The van der Waals surface area contributed by atoms with Gasteiger partial charge in [0, 0.05) is 5.56 Å². The third kappa shape index (κ3) is 3.15. The summed E-state index contributed by atoms with van der Waals surface area (Å²) in [5.41, 5.74) is 10.6. The van der Waals surface area contributed by atoms with E-state index >= 15 is 0 Å². The monoisotopic (exact) mass is 321 g/mol. The molecule has 3 rings (SSSR count). The Morgan fingerprint density at radius 1 is 0.917 bits per heavy atom. The molecular formula is C19H19N3O2. The Morgan fingerprint density at radius 3 is 2.25 bits per heavy atom. The van der Waals surface area contributed by atoms with Crippen LogP contribution in [0, 0.1) is 13.8 Å². The summed E-state index contributed by atoms with van der Waals surface area (Å²) in [5, 5.41) is 0. The number of hydrogen-bond donors (Lipinski definition) is 1. The van der Waals surface area contributed by atoms with Gasteiger partial charge in [-0.25, -0.2) is 4.98 Å². The number of nitrogen functional groups attached to an aromatic ring is 1. The van der Waals surface area contributed by atoms with Crippen molar-refractivity contribution in [1.82, 2.24) is 9.97 Å². The smallest absolute Gasteiger partial charge is 0.246 e. The first-order valence-corrected chi connectivity index (χ1v) is 7.58. The normalized spacial score (nSPS) is 10.5. The lowest BCUT2D eigenvalue weighted by Crippen LogP contribution is -2.01. The predicted octanol–water partition coefficient (Wildman–Crippen LogP) is 4.14. The molecule has 5 nitrogen and oxygen atoms in total. The Bertz CT molecular complexity index is 858. The predicted molar refractivity (Wildman–Crippen MR) is 94.4 cm³/mol. The van der Waals surface area contributed by atoms with E-state index in [4.69, 9.17) is 15.2 Å². The lowest BCUT2D eigenvalue weighted by Gasteiger charge is -2.13. The highest BCUT2D eigenvalue weighted by atomic mass is 16.5. The molecule has 2 N–H and O–H groups in total. The number of hydrogen-bond acceptors (Lipinski definition) is 5. The zero-order valence-electron chi connectivity index (χ0n) is 13.9. The number of benzene rings is 2. The van der Waals surface area contributed by atoms with Crippen LogP contribution >= 0.6 is 0 Å². The van der Waals surface area contributed by atoms with Crippen LogP contribution in [-0.4, -0.2) is 17.1 Å². The molecule has 1 aromatic heterocycles. The molecule has 24 heavy (non-hydrogen) atoms. The summed E-state index contributed by atoms with van der Waals surface area (Å²) >= 11 is 0. The van der Waals surface area contributed by atoms with Gasteiger partial charge in [-0.2, -0.15) is 4.98 Å². The van der Waals surface area contributed by atoms with Crippen molar-refractivity contribution in [3.63, 3.8) is 0 Å². The molecular weight excluding hydrogens is 302 g/mol. The molecule has 0 saturated heterocycles. The summed E-state index contributed by atoms with van der Waals surface area (Å²) in [6.45, 7) is 4.08. The van der Waals surface area contributed by atoms with Crippen molar-refractivity contribution in [2.75, 3.05) is 12.8 Å². The van der Waals surface area contributed by atoms with E-state index in [1.54, 1.807) is 13.2 Å². The fraction of sp³-hybridized carbons (Fsp3) is 0.158. The van der Waals surface area contributed by atoms with Crippen molar-refractivity contribution in [3.8, 4) is 28.6 Å². The average molecular weight is 321 g/mol. The van der Waals surface area contributed by atoms with Gasteiger partial charge in [0.1, 0.15) is 17.7 Å². The molecule has 0 aliphatic carbocycles. The minimum absolute atomic E-state index is 0.309. The van der Waals surface area contributed by atoms with E-state index in [0.717, 1.165) is 16.7 Å². The molecule has 0 bridgehead atoms. The van der Waals surface area contributed by atoms with E-state index in [2.05, 4.69) is 16.0 Å². The first-order valence-electron chi connectivity index (χ1n) is 7.58. The van der Waals surface area contributed by atoms with Gasteiger partial charge in [0.25, 0.3) is 0 Å². The Morgan fingerprint density at radius 2 is 1.58 bits per heavy atom. The summed E-state index contributed by atoms with van der Waals surface area (Å²) in [7, 11) is 1.59. The number of para-hydroxylation sites is 2. The number of aryl methyl sites for hydroxylation is 2. The van der Waals surface area contributed by atoms with Gasteiger partial charge in [0.05, 0.1) is 7.11 Å². The molecule has 1 heterocycles. The Hall–Kier alpha value is -3.08. The van der Waals surface area contributed by atoms with Crippen LogP contribution < -0.4 is 15.2 Å². The quantitative estimate of drug-likeness (QED) is 0.782. The number of nitrogens with zero attached hydrogens (tertiary/aromatic N) is 2. The number of methoxy groups -OCH3 is 1. The molecule has 5 heteroatoms. The van der Waals surface area contributed by atoms with Crippen LogP contribution in [0.1, 0.15) is 11.1 Å². The average Bonchev–Trinajstić information content (AvgIpc) is 2.56. The number of anilines is 1. The van der Waals surface area contributed by atoms with Crippen LogP contribution in [0.15, 0.2) is 48.8 Å². The first kappa shape index (κ1) is 15.8. The summed E-state index contributed by atoms with van der Waals surface area (Å²) in [4.78, 5) is 8.49. The number of ether oxygens (including phenoxy) is 2. The molecule has 0 amide bonds. The Kier molecular flexibility index (Phi) is 4.33. The van der Waals surface area contributed by atoms with Gasteiger partial charge in [0.15, 0.2) is 11.5 Å². The van der Waals surface area contributed by atoms with Crippen molar-refractivity contribution in [3.05, 3.63) is 59.9 Å². The maximum Gasteiger partial charge on any atom is 0.246 e. The molecule has 0 atom stereocenters. The standard InChI is InChI=1S/C19H19N3O2/c1-12-8-13(2)10-14(9-12)18-17(20)19(22-11-21-18)24-16-7-5-4-6-15(16)23-3/h4-11H,20H2,1-3H3.